The van der Waals surface area contributed by atoms with Crippen LogP contribution < -0.4 is 0 Å². The molecule has 1 aromatic carbocycles. The third-order valence-electron chi connectivity index (χ3n) is 3.33. The van der Waals surface area contributed by atoms with Crippen molar-refractivity contribution in [3.63, 3.8) is 0 Å². The molecular weight excluding hydrogens is 371 g/mol. The summed E-state index contributed by atoms with van der Waals surface area (Å²) in [6.07, 6.45) is 6.85. The average Bonchev–Trinajstić information content (AvgIpc) is 2.47. The van der Waals surface area contributed by atoms with E-state index in [1.54, 1.807) is 0 Å². The molecule has 0 aromatic heterocycles. The molecule has 0 bridgehead atoms. The number of aryl methyl sites for hydroxylation is 2. The van der Waals surface area contributed by atoms with Crippen molar-refractivity contribution in [1.82, 2.24) is 0 Å². The van der Waals surface area contributed by atoms with E-state index in [0.717, 1.165) is 0 Å². The Balaban J connectivity index is 0.00000144. The van der Waals surface area contributed by atoms with Gasteiger partial charge in [0, 0.05) is 25.8 Å². The van der Waals surface area contributed by atoms with Crippen LogP contribution in [0.2, 0.25) is 0 Å². The third kappa shape index (κ3) is 3.40. The second kappa shape index (κ2) is 5.22. The molecule has 0 N–H and O–H groups in total. The van der Waals surface area contributed by atoms with Gasteiger partial charge in [-0.25, -0.2) is 6.08 Å². The zero-order chi connectivity index (χ0) is 11.9. The maximum atomic E-state index is 3.51. The predicted molar refractivity (Wildman–Crippen MR) is 70.4 cm³/mol. The number of hydrogen-bond acceptors (Lipinski definition) is 0. The molecule has 0 heterocycles. The Hall–Kier alpha value is -0.170. The molecule has 1 unspecified atom stereocenters. The van der Waals surface area contributed by atoms with Gasteiger partial charge in [-0.15, -0.1) is 11.6 Å². The maximum absolute atomic E-state index is 3.51. The second-order valence-corrected chi connectivity index (χ2v) is 6.19. The fourth-order valence-electron chi connectivity index (χ4n) is 2.35. The van der Waals surface area contributed by atoms with E-state index in [-0.39, 0.29) is 25.8 Å². The average molecular weight is 392 g/mol. The topological polar surface area (TPSA) is 0 Å². The molecule has 1 atom stereocenters. The molecule has 1 heteroatoms. The van der Waals surface area contributed by atoms with Gasteiger partial charge in [-0.1, -0.05) is 50.3 Å². The molecular formula is C16H21Hf-. The summed E-state index contributed by atoms with van der Waals surface area (Å²) in [6.45, 7) is 11.3. The molecule has 0 fully saturated rings. The molecule has 1 aromatic rings. The smallest absolute Gasteiger partial charge is 0 e. The Kier molecular flexibility index (Phi) is 4.57. The number of hydrogen-bond donors (Lipinski definition) is 0. The van der Waals surface area contributed by atoms with E-state index in [4.69, 9.17) is 0 Å². The minimum Gasteiger partial charge on any atom is -0.268 e. The molecule has 90 valence electrons. The molecule has 0 saturated heterocycles. The Morgan fingerprint density at radius 3 is 2.29 bits per heavy atom. The van der Waals surface area contributed by atoms with E-state index < -0.39 is 0 Å². The van der Waals surface area contributed by atoms with Crippen molar-refractivity contribution < 1.29 is 25.8 Å². The first-order valence-electron chi connectivity index (χ1n) is 6.07. The second-order valence-electron chi connectivity index (χ2n) is 6.19. The van der Waals surface area contributed by atoms with E-state index in [9.17, 15) is 0 Å². The van der Waals surface area contributed by atoms with Gasteiger partial charge in [0.15, 0.2) is 0 Å². The monoisotopic (exact) mass is 393 g/mol. The zero-order valence-electron chi connectivity index (χ0n) is 11.5. The van der Waals surface area contributed by atoms with Gasteiger partial charge in [-0.05, 0) is 19.3 Å². The number of fused-ring (bicyclic) bond motifs is 1. The van der Waals surface area contributed by atoms with Gasteiger partial charge >= 0.3 is 0 Å². The van der Waals surface area contributed by atoms with Crippen molar-refractivity contribution >= 4 is 6.08 Å². The van der Waals surface area contributed by atoms with Crippen molar-refractivity contribution in [3.8, 4) is 0 Å². The van der Waals surface area contributed by atoms with Crippen LogP contribution in [0.25, 0.3) is 6.08 Å². The molecule has 1 aliphatic carbocycles. The number of allylic oxidation sites excluding steroid dienone is 1. The molecule has 0 radical (unpaired) electrons. The van der Waals surface area contributed by atoms with Crippen LogP contribution in [0.4, 0.5) is 0 Å². The Morgan fingerprint density at radius 1 is 1.12 bits per heavy atom. The fourth-order valence-corrected chi connectivity index (χ4v) is 2.35. The quantitative estimate of drug-likeness (QED) is 0.483. The summed E-state index contributed by atoms with van der Waals surface area (Å²) in [5, 5.41) is 0. The van der Waals surface area contributed by atoms with Crippen LogP contribution in [0.3, 0.4) is 0 Å². The van der Waals surface area contributed by atoms with Crippen molar-refractivity contribution in [2.75, 3.05) is 0 Å². The van der Waals surface area contributed by atoms with Gasteiger partial charge in [-0.3, -0.25) is 6.08 Å². The van der Waals surface area contributed by atoms with Gasteiger partial charge < -0.3 is 0 Å². The SMILES string of the molecule is Cc1cc2c(cc1C)C(CC(C)(C)C)[C-]=C2.[Hf]. The van der Waals surface area contributed by atoms with Gasteiger partial charge in [-0.2, -0.15) is 5.56 Å². The first kappa shape index (κ1) is 14.9. The van der Waals surface area contributed by atoms with Crippen molar-refractivity contribution in [2.24, 2.45) is 5.41 Å². The Bertz CT molecular complexity index is 436. The number of rotatable bonds is 1. The molecule has 0 saturated carbocycles. The van der Waals surface area contributed by atoms with Gasteiger partial charge in [0.25, 0.3) is 0 Å². The minimum atomic E-state index is 0. The minimum absolute atomic E-state index is 0. The zero-order valence-corrected chi connectivity index (χ0v) is 15.1. The molecule has 0 aliphatic heterocycles. The van der Waals surface area contributed by atoms with Gasteiger partial charge in [0.2, 0.25) is 0 Å². The van der Waals surface area contributed by atoms with E-state index in [0.29, 0.717) is 11.3 Å². The summed E-state index contributed by atoms with van der Waals surface area (Å²) in [5.74, 6) is 0.495. The fraction of sp³-hybridized carbons (Fsp3) is 0.500. The van der Waals surface area contributed by atoms with Crippen LogP contribution in [0, 0.1) is 25.3 Å². The summed E-state index contributed by atoms with van der Waals surface area (Å²) < 4.78 is 0. The van der Waals surface area contributed by atoms with Crippen LogP contribution >= 0.6 is 0 Å². The Morgan fingerprint density at radius 2 is 1.71 bits per heavy atom. The summed E-state index contributed by atoms with van der Waals surface area (Å²) in [4.78, 5) is 0. The molecule has 1 aliphatic rings. The molecule has 0 amide bonds. The van der Waals surface area contributed by atoms with Gasteiger partial charge in [0.05, 0.1) is 0 Å². The van der Waals surface area contributed by atoms with Crippen molar-refractivity contribution in [1.29, 1.82) is 0 Å². The standard InChI is InChI=1S/C16H21.Hf/c1-11-8-13-6-7-14(10-16(3,4)5)15(13)9-12(11)2;/h6,8-9,14H,10H2,1-5H3;/q-1;. The van der Waals surface area contributed by atoms with Crippen molar-refractivity contribution in [3.05, 3.63) is 40.5 Å². The first-order chi connectivity index (χ1) is 7.37. The molecule has 0 spiro atoms. The van der Waals surface area contributed by atoms with Crippen LogP contribution in [0.5, 0.6) is 0 Å². The van der Waals surface area contributed by atoms with E-state index >= 15 is 0 Å². The van der Waals surface area contributed by atoms with Crippen molar-refractivity contribution in [2.45, 2.75) is 47.0 Å². The first-order valence-corrected chi connectivity index (χ1v) is 6.07. The molecule has 17 heavy (non-hydrogen) atoms. The molecule has 0 nitrogen and oxygen atoms in total. The Labute approximate surface area is 124 Å². The summed E-state index contributed by atoms with van der Waals surface area (Å²) in [5.41, 5.74) is 5.99. The van der Waals surface area contributed by atoms with Gasteiger partial charge in [0.1, 0.15) is 0 Å². The van der Waals surface area contributed by atoms with Crippen LogP contribution in [0.1, 0.15) is 55.4 Å². The van der Waals surface area contributed by atoms with E-state index in [1.165, 1.54) is 28.7 Å². The maximum Gasteiger partial charge on any atom is 0 e. The number of benzene rings is 1. The third-order valence-corrected chi connectivity index (χ3v) is 3.33. The van der Waals surface area contributed by atoms with E-state index in [2.05, 4.69) is 58.9 Å². The van der Waals surface area contributed by atoms with Crippen LogP contribution in [-0.2, 0) is 25.8 Å². The van der Waals surface area contributed by atoms with Crippen LogP contribution in [-0.4, -0.2) is 0 Å². The molecule has 2 rings (SSSR count). The largest absolute Gasteiger partial charge is 0.268 e. The summed E-state index contributed by atoms with van der Waals surface area (Å²) in [7, 11) is 0. The summed E-state index contributed by atoms with van der Waals surface area (Å²) >= 11 is 0. The van der Waals surface area contributed by atoms with E-state index in [1.807, 2.05) is 0 Å². The predicted octanol–water partition coefficient (Wildman–Crippen LogP) is 4.65. The van der Waals surface area contributed by atoms with Crippen LogP contribution in [0.15, 0.2) is 12.1 Å². The normalized spacial score (nSPS) is 17.8. The summed E-state index contributed by atoms with van der Waals surface area (Å²) in [6, 6.07) is 4.64.